The first kappa shape index (κ1) is 16.5. The number of carbonyl (C=O) groups is 1. The SMILES string of the molecule is O=C(O)N1CC[C@H]2[C@@H](C1)c1cc(-c3cccc(F)c3F)cc3c1N2CCC3. The molecule has 0 aromatic heterocycles. The summed E-state index contributed by atoms with van der Waals surface area (Å²) in [7, 11) is 0. The van der Waals surface area contributed by atoms with Crippen molar-refractivity contribution >= 4 is 11.8 Å². The van der Waals surface area contributed by atoms with Crippen LogP contribution in [-0.4, -0.2) is 41.8 Å². The average molecular weight is 370 g/mol. The Morgan fingerprint density at radius 3 is 2.85 bits per heavy atom. The molecule has 1 fully saturated rings. The molecule has 0 spiro atoms. The van der Waals surface area contributed by atoms with Gasteiger partial charge in [0, 0.05) is 42.8 Å². The van der Waals surface area contributed by atoms with Crippen molar-refractivity contribution < 1.29 is 18.7 Å². The van der Waals surface area contributed by atoms with Gasteiger partial charge in [0.1, 0.15) is 0 Å². The summed E-state index contributed by atoms with van der Waals surface area (Å²) in [6.45, 7) is 1.97. The lowest BCUT2D eigenvalue weighted by atomic mass is 9.87. The van der Waals surface area contributed by atoms with E-state index in [2.05, 4.69) is 4.90 Å². The molecule has 1 saturated heterocycles. The molecule has 5 rings (SSSR count). The highest BCUT2D eigenvalue weighted by Crippen LogP contribution is 2.50. The molecule has 0 unspecified atom stereocenters. The lowest BCUT2D eigenvalue weighted by molar-refractivity contribution is 0.127. The smallest absolute Gasteiger partial charge is 0.407 e. The third-order valence-electron chi connectivity index (χ3n) is 6.26. The molecule has 140 valence electrons. The molecule has 3 heterocycles. The first-order valence-corrected chi connectivity index (χ1v) is 9.40. The lowest BCUT2D eigenvalue weighted by Crippen LogP contribution is -2.48. The maximum atomic E-state index is 14.4. The number of halogens is 2. The highest BCUT2D eigenvalue weighted by molar-refractivity contribution is 5.77. The van der Waals surface area contributed by atoms with E-state index in [-0.39, 0.29) is 11.5 Å². The van der Waals surface area contributed by atoms with Crippen molar-refractivity contribution in [1.29, 1.82) is 0 Å². The van der Waals surface area contributed by atoms with Crippen molar-refractivity contribution in [2.24, 2.45) is 0 Å². The number of amides is 1. The standard InChI is InChI=1S/C21H20F2N2O2/c22-17-5-1-4-14(19(17)23)13-9-12-3-2-7-25-18-6-8-24(21(26)27)11-16(18)15(10-13)20(12)25/h1,4-5,9-10,16,18H,2-3,6-8,11H2,(H,26,27)/t16-,18-/m0/s1. The van der Waals surface area contributed by atoms with Gasteiger partial charge in [-0.25, -0.2) is 13.6 Å². The topological polar surface area (TPSA) is 43.8 Å². The van der Waals surface area contributed by atoms with Gasteiger partial charge in [-0.15, -0.1) is 0 Å². The Labute approximate surface area is 156 Å². The Morgan fingerprint density at radius 2 is 2.04 bits per heavy atom. The Balaban J connectivity index is 1.65. The summed E-state index contributed by atoms with van der Waals surface area (Å²) in [6, 6.07) is 8.47. The zero-order valence-electron chi connectivity index (χ0n) is 14.8. The maximum Gasteiger partial charge on any atom is 0.407 e. The van der Waals surface area contributed by atoms with Crippen LogP contribution in [0.5, 0.6) is 0 Å². The number of hydrogen-bond acceptors (Lipinski definition) is 2. The second kappa shape index (κ2) is 5.94. The first-order valence-electron chi connectivity index (χ1n) is 9.40. The van der Waals surface area contributed by atoms with Crippen molar-refractivity contribution in [2.75, 3.05) is 24.5 Å². The molecule has 0 aliphatic carbocycles. The largest absolute Gasteiger partial charge is 0.465 e. The number of fused-ring (bicyclic) bond motifs is 3. The number of likely N-dealkylation sites (tertiary alicyclic amines) is 1. The van der Waals surface area contributed by atoms with Gasteiger partial charge in [-0.2, -0.15) is 0 Å². The van der Waals surface area contributed by atoms with E-state index in [4.69, 9.17) is 0 Å². The number of benzene rings is 2. The van der Waals surface area contributed by atoms with Crippen LogP contribution in [0.15, 0.2) is 30.3 Å². The molecular weight excluding hydrogens is 350 g/mol. The van der Waals surface area contributed by atoms with E-state index in [1.54, 1.807) is 6.07 Å². The van der Waals surface area contributed by atoms with Crippen LogP contribution in [0.2, 0.25) is 0 Å². The monoisotopic (exact) mass is 370 g/mol. The van der Waals surface area contributed by atoms with Gasteiger partial charge in [-0.1, -0.05) is 12.1 Å². The Hall–Kier alpha value is -2.63. The van der Waals surface area contributed by atoms with E-state index in [1.165, 1.54) is 16.7 Å². The summed E-state index contributed by atoms with van der Waals surface area (Å²) in [5.41, 5.74) is 4.38. The van der Waals surface area contributed by atoms with Gasteiger partial charge in [0.05, 0.1) is 0 Å². The fraction of sp³-hybridized carbons (Fsp3) is 0.381. The van der Waals surface area contributed by atoms with Crippen LogP contribution in [0.1, 0.15) is 29.9 Å². The van der Waals surface area contributed by atoms with E-state index < -0.39 is 17.7 Å². The number of rotatable bonds is 1. The number of hydrogen-bond donors (Lipinski definition) is 1. The summed E-state index contributed by atoms with van der Waals surface area (Å²) in [5, 5.41) is 9.42. The van der Waals surface area contributed by atoms with Crippen molar-refractivity contribution in [3.63, 3.8) is 0 Å². The van der Waals surface area contributed by atoms with Gasteiger partial charge >= 0.3 is 6.09 Å². The van der Waals surface area contributed by atoms with Gasteiger partial charge in [0.15, 0.2) is 11.6 Å². The number of aryl methyl sites for hydroxylation is 1. The minimum atomic E-state index is -0.893. The summed E-state index contributed by atoms with van der Waals surface area (Å²) >= 11 is 0. The highest BCUT2D eigenvalue weighted by atomic mass is 19.2. The van der Waals surface area contributed by atoms with Crippen molar-refractivity contribution in [3.8, 4) is 11.1 Å². The van der Waals surface area contributed by atoms with Crippen molar-refractivity contribution in [1.82, 2.24) is 4.90 Å². The second-order valence-electron chi connectivity index (χ2n) is 7.66. The Morgan fingerprint density at radius 1 is 1.19 bits per heavy atom. The molecule has 0 bridgehead atoms. The number of piperidine rings is 1. The zero-order valence-corrected chi connectivity index (χ0v) is 14.8. The van der Waals surface area contributed by atoms with Crippen LogP contribution in [0.3, 0.4) is 0 Å². The molecule has 4 nitrogen and oxygen atoms in total. The summed E-state index contributed by atoms with van der Waals surface area (Å²) in [4.78, 5) is 15.4. The molecule has 0 radical (unpaired) electrons. The molecule has 1 amide bonds. The van der Waals surface area contributed by atoms with E-state index in [9.17, 15) is 18.7 Å². The normalized spacial score (nSPS) is 23.2. The summed E-state index contributed by atoms with van der Waals surface area (Å²) < 4.78 is 28.1. The van der Waals surface area contributed by atoms with E-state index in [1.807, 2.05) is 12.1 Å². The molecule has 2 atom stereocenters. The van der Waals surface area contributed by atoms with E-state index in [0.29, 0.717) is 24.7 Å². The first-order chi connectivity index (χ1) is 13.0. The second-order valence-corrected chi connectivity index (χ2v) is 7.66. The van der Waals surface area contributed by atoms with Crippen molar-refractivity contribution in [3.05, 3.63) is 53.1 Å². The molecule has 3 aliphatic heterocycles. The van der Waals surface area contributed by atoms with Gasteiger partial charge in [0.25, 0.3) is 0 Å². The Bertz CT molecular complexity index is 946. The van der Waals surface area contributed by atoms with Gasteiger partial charge in [-0.3, -0.25) is 0 Å². The lowest BCUT2D eigenvalue weighted by Gasteiger charge is -2.39. The van der Waals surface area contributed by atoms with Gasteiger partial charge in [0.2, 0.25) is 0 Å². The van der Waals surface area contributed by atoms with Gasteiger partial charge in [-0.05, 0) is 54.2 Å². The van der Waals surface area contributed by atoms with Crippen LogP contribution in [0.25, 0.3) is 11.1 Å². The minimum Gasteiger partial charge on any atom is -0.465 e. The predicted octanol–water partition coefficient (Wildman–Crippen LogP) is 4.23. The predicted molar refractivity (Wildman–Crippen MR) is 98.2 cm³/mol. The quantitative estimate of drug-likeness (QED) is 0.817. The molecule has 27 heavy (non-hydrogen) atoms. The Kier molecular flexibility index (Phi) is 3.64. The molecule has 6 heteroatoms. The van der Waals surface area contributed by atoms with E-state index in [0.717, 1.165) is 43.0 Å². The molecule has 2 aromatic carbocycles. The van der Waals surface area contributed by atoms with Crippen molar-refractivity contribution in [2.45, 2.75) is 31.2 Å². The molecule has 3 aliphatic rings. The molecular formula is C21H20F2N2O2. The van der Waals surface area contributed by atoms with Crippen LogP contribution < -0.4 is 4.90 Å². The fourth-order valence-electron chi connectivity index (χ4n) is 5.10. The van der Waals surface area contributed by atoms with Crippen LogP contribution in [0.4, 0.5) is 19.3 Å². The maximum absolute atomic E-state index is 14.4. The van der Waals surface area contributed by atoms with Crippen LogP contribution in [0, 0.1) is 11.6 Å². The summed E-state index contributed by atoms with van der Waals surface area (Å²) in [6.07, 6.45) is 1.84. The minimum absolute atomic E-state index is 0.0817. The highest BCUT2D eigenvalue weighted by Gasteiger charge is 2.45. The van der Waals surface area contributed by atoms with E-state index >= 15 is 0 Å². The number of nitrogens with zero attached hydrogens (tertiary/aromatic N) is 2. The number of anilines is 1. The fourth-order valence-corrected chi connectivity index (χ4v) is 5.10. The molecule has 2 aromatic rings. The number of carboxylic acid groups (broad SMARTS) is 1. The van der Waals surface area contributed by atoms with Gasteiger partial charge < -0.3 is 14.9 Å². The molecule has 0 saturated carbocycles. The third kappa shape index (κ3) is 2.42. The third-order valence-corrected chi connectivity index (χ3v) is 6.26. The average Bonchev–Trinajstić information content (AvgIpc) is 2.99. The van der Waals surface area contributed by atoms with Crippen LogP contribution in [-0.2, 0) is 6.42 Å². The zero-order chi connectivity index (χ0) is 18.7. The summed E-state index contributed by atoms with van der Waals surface area (Å²) in [5.74, 6) is -1.60. The van der Waals surface area contributed by atoms with Crippen LogP contribution >= 0.6 is 0 Å². The molecule has 1 N–H and O–H groups in total.